The van der Waals surface area contributed by atoms with E-state index in [1.807, 2.05) is 41.0 Å². The van der Waals surface area contributed by atoms with Crippen LogP contribution in [-0.2, 0) is 4.79 Å². The van der Waals surface area contributed by atoms with Crippen molar-refractivity contribution in [3.05, 3.63) is 35.4 Å². The lowest BCUT2D eigenvalue weighted by Crippen LogP contribution is -2.42. The van der Waals surface area contributed by atoms with E-state index in [0.717, 1.165) is 63.1 Å². The van der Waals surface area contributed by atoms with Gasteiger partial charge in [-0.05, 0) is 38.3 Å². The molecule has 0 atom stereocenters. The normalized spacial score (nSPS) is 15.6. The van der Waals surface area contributed by atoms with Gasteiger partial charge in [0.1, 0.15) is 0 Å². The number of amides is 2. The van der Waals surface area contributed by atoms with E-state index in [0.29, 0.717) is 13.1 Å². The Morgan fingerprint density at radius 2 is 1.77 bits per heavy atom. The van der Waals surface area contributed by atoms with E-state index in [1.165, 1.54) is 0 Å². The summed E-state index contributed by atoms with van der Waals surface area (Å²) in [6.07, 6.45) is 2.89. The quantitative estimate of drug-likeness (QED) is 0.752. The van der Waals surface area contributed by atoms with Crippen LogP contribution in [0.25, 0.3) is 0 Å². The van der Waals surface area contributed by atoms with Crippen molar-refractivity contribution in [2.24, 2.45) is 0 Å². The molecule has 1 aliphatic rings. The van der Waals surface area contributed by atoms with Gasteiger partial charge in [0.2, 0.25) is 5.91 Å². The minimum Gasteiger partial charge on any atom is -0.342 e. The number of carbonyl (C=O) groups excluding carboxylic acids is 2. The van der Waals surface area contributed by atoms with E-state index in [1.54, 1.807) is 0 Å². The monoisotopic (exact) mass is 359 g/mol. The zero-order chi connectivity index (χ0) is 18.9. The maximum atomic E-state index is 12.7. The standard InChI is InChI=1S/C21H33N3O2/c1-4-10-23(11-5-2)20(25)17-22-12-7-13-24(15-14-22)21(26)19-9-6-8-18(3)16-19/h6,8-9,16H,4-5,7,10-15,17H2,1-3H3. The van der Waals surface area contributed by atoms with Gasteiger partial charge in [-0.3, -0.25) is 14.5 Å². The number of hydrogen-bond acceptors (Lipinski definition) is 3. The highest BCUT2D eigenvalue weighted by molar-refractivity contribution is 5.94. The highest BCUT2D eigenvalue weighted by Crippen LogP contribution is 2.11. The minimum absolute atomic E-state index is 0.0977. The lowest BCUT2D eigenvalue weighted by atomic mass is 10.1. The fourth-order valence-corrected chi connectivity index (χ4v) is 3.49. The van der Waals surface area contributed by atoms with Crippen molar-refractivity contribution in [1.82, 2.24) is 14.7 Å². The lowest BCUT2D eigenvalue weighted by molar-refractivity contribution is -0.132. The molecule has 0 N–H and O–H groups in total. The summed E-state index contributed by atoms with van der Waals surface area (Å²) in [7, 11) is 0. The third-order valence-electron chi connectivity index (χ3n) is 4.84. The van der Waals surface area contributed by atoms with Crippen LogP contribution in [0.3, 0.4) is 0 Å². The van der Waals surface area contributed by atoms with Gasteiger partial charge >= 0.3 is 0 Å². The number of rotatable bonds is 7. The molecule has 0 saturated carbocycles. The van der Waals surface area contributed by atoms with Crippen molar-refractivity contribution < 1.29 is 9.59 Å². The van der Waals surface area contributed by atoms with Crippen molar-refractivity contribution in [3.8, 4) is 0 Å². The van der Waals surface area contributed by atoms with E-state index >= 15 is 0 Å². The molecular formula is C21H33N3O2. The van der Waals surface area contributed by atoms with Gasteiger partial charge in [-0.15, -0.1) is 0 Å². The zero-order valence-corrected chi connectivity index (χ0v) is 16.5. The van der Waals surface area contributed by atoms with E-state index in [-0.39, 0.29) is 11.8 Å². The van der Waals surface area contributed by atoms with Crippen molar-refractivity contribution in [1.29, 1.82) is 0 Å². The van der Waals surface area contributed by atoms with Gasteiger partial charge in [-0.1, -0.05) is 31.5 Å². The molecule has 1 saturated heterocycles. The Kier molecular flexibility index (Phi) is 8.10. The van der Waals surface area contributed by atoms with Crippen LogP contribution in [0.4, 0.5) is 0 Å². The van der Waals surface area contributed by atoms with Crippen molar-refractivity contribution in [2.75, 3.05) is 45.8 Å². The molecule has 1 aliphatic heterocycles. The van der Waals surface area contributed by atoms with Crippen molar-refractivity contribution in [3.63, 3.8) is 0 Å². The van der Waals surface area contributed by atoms with Gasteiger partial charge in [-0.25, -0.2) is 0 Å². The largest absolute Gasteiger partial charge is 0.342 e. The molecule has 1 heterocycles. The summed E-state index contributed by atoms with van der Waals surface area (Å²) in [5.74, 6) is 0.313. The number of hydrogen-bond donors (Lipinski definition) is 0. The molecule has 0 unspecified atom stereocenters. The average Bonchev–Trinajstić information content (AvgIpc) is 2.86. The molecule has 2 amide bonds. The summed E-state index contributed by atoms with van der Waals surface area (Å²) >= 11 is 0. The maximum absolute atomic E-state index is 12.7. The Balaban J connectivity index is 1.91. The van der Waals surface area contributed by atoms with Crippen LogP contribution in [0.1, 0.15) is 49.0 Å². The Bertz CT molecular complexity index is 597. The molecule has 2 rings (SSSR count). The molecule has 1 aromatic rings. The second-order valence-electron chi connectivity index (χ2n) is 7.17. The maximum Gasteiger partial charge on any atom is 0.253 e. The van der Waals surface area contributed by atoms with Crippen molar-refractivity contribution in [2.45, 2.75) is 40.0 Å². The molecule has 0 spiro atoms. The third-order valence-corrected chi connectivity index (χ3v) is 4.84. The Labute approximate surface area is 158 Å². The molecule has 1 aromatic carbocycles. The Morgan fingerprint density at radius 3 is 2.42 bits per heavy atom. The van der Waals surface area contributed by atoms with Crippen LogP contribution in [0.15, 0.2) is 24.3 Å². The first kappa shape index (κ1) is 20.4. The van der Waals surface area contributed by atoms with Gasteiger partial charge in [-0.2, -0.15) is 0 Å². The van der Waals surface area contributed by atoms with Crippen LogP contribution >= 0.6 is 0 Å². The van der Waals surface area contributed by atoms with Crippen LogP contribution in [0.2, 0.25) is 0 Å². The highest BCUT2D eigenvalue weighted by Gasteiger charge is 2.22. The second kappa shape index (κ2) is 10.3. The number of carbonyl (C=O) groups is 2. The number of aryl methyl sites for hydroxylation is 1. The fourth-order valence-electron chi connectivity index (χ4n) is 3.49. The molecule has 144 valence electrons. The number of benzene rings is 1. The van der Waals surface area contributed by atoms with E-state index < -0.39 is 0 Å². The van der Waals surface area contributed by atoms with Gasteiger partial charge in [0.15, 0.2) is 0 Å². The number of nitrogens with zero attached hydrogens (tertiary/aromatic N) is 3. The third kappa shape index (κ3) is 5.84. The van der Waals surface area contributed by atoms with E-state index in [9.17, 15) is 9.59 Å². The minimum atomic E-state index is 0.0977. The molecule has 1 fully saturated rings. The summed E-state index contributed by atoms with van der Waals surface area (Å²) in [5.41, 5.74) is 1.86. The SMILES string of the molecule is CCCN(CCC)C(=O)CN1CCCN(C(=O)c2cccc(C)c2)CC1. The predicted molar refractivity (Wildman–Crippen MR) is 105 cm³/mol. The van der Waals surface area contributed by atoms with Crippen LogP contribution in [0, 0.1) is 6.92 Å². The molecule has 0 aliphatic carbocycles. The first-order valence-electron chi connectivity index (χ1n) is 9.91. The molecule has 0 bridgehead atoms. The first-order chi connectivity index (χ1) is 12.5. The van der Waals surface area contributed by atoms with E-state index in [4.69, 9.17) is 0 Å². The predicted octanol–water partition coefficient (Wildman–Crippen LogP) is 2.79. The summed E-state index contributed by atoms with van der Waals surface area (Å²) in [6, 6.07) is 7.77. The molecule has 5 heteroatoms. The molecule has 0 radical (unpaired) electrons. The molecular weight excluding hydrogens is 326 g/mol. The van der Waals surface area contributed by atoms with Gasteiger partial charge < -0.3 is 9.80 Å². The van der Waals surface area contributed by atoms with Crippen molar-refractivity contribution >= 4 is 11.8 Å². The van der Waals surface area contributed by atoms with Crippen LogP contribution < -0.4 is 0 Å². The summed E-state index contributed by atoms with van der Waals surface area (Å²) < 4.78 is 0. The van der Waals surface area contributed by atoms with Gasteiger partial charge in [0, 0.05) is 44.8 Å². The average molecular weight is 360 g/mol. The van der Waals surface area contributed by atoms with E-state index in [2.05, 4.69) is 18.7 Å². The smallest absolute Gasteiger partial charge is 0.253 e. The summed E-state index contributed by atoms with van der Waals surface area (Å²) in [6.45, 7) is 11.4. The topological polar surface area (TPSA) is 43.9 Å². The van der Waals surface area contributed by atoms with Crippen LogP contribution in [-0.4, -0.2) is 72.3 Å². The zero-order valence-electron chi connectivity index (χ0n) is 16.5. The second-order valence-corrected chi connectivity index (χ2v) is 7.17. The summed E-state index contributed by atoms with van der Waals surface area (Å²) in [4.78, 5) is 31.4. The highest BCUT2D eigenvalue weighted by atomic mass is 16.2. The Morgan fingerprint density at radius 1 is 1.04 bits per heavy atom. The Hall–Kier alpha value is -1.88. The van der Waals surface area contributed by atoms with Crippen LogP contribution in [0.5, 0.6) is 0 Å². The fraction of sp³-hybridized carbons (Fsp3) is 0.619. The summed E-state index contributed by atoms with van der Waals surface area (Å²) in [5, 5.41) is 0. The lowest BCUT2D eigenvalue weighted by Gasteiger charge is -2.26. The molecule has 5 nitrogen and oxygen atoms in total. The molecule has 26 heavy (non-hydrogen) atoms. The van der Waals surface area contributed by atoms with Gasteiger partial charge in [0.25, 0.3) is 5.91 Å². The first-order valence-corrected chi connectivity index (χ1v) is 9.91. The van der Waals surface area contributed by atoms with Gasteiger partial charge in [0.05, 0.1) is 6.54 Å². The molecule has 0 aromatic heterocycles.